The number of hydrogen-bond donors (Lipinski definition) is 2. The van der Waals surface area contributed by atoms with Crippen molar-refractivity contribution in [2.75, 3.05) is 19.8 Å². The summed E-state index contributed by atoms with van der Waals surface area (Å²) in [6.45, 7) is 2.11. The van der Waals surface area contributed by atoms with Crippen LogP contribution in [0.2, 0.25) is 0 Å². The van der Waals surface area contributed by atoms with Crippen LogP contribution in [0.1, 0.15) is 28.9 Å². The highest BCUT2D eigenvalue weighted by molar-refractivity contribution is 5.97. The standard InChI is InChI=1S/C15H18N2O4/c18-13(19)4-3-12-2-1-7-16-14(12)15(20)17-8-5-11-6-9-21-10-11/h1-4,7,11H,5-6,8-10H2,(H,17,20)(H,18,19)/b4-3+. The van der Waals surface area contributed by atoms with E-state index in [0.29, 0.717) is 18.0 Å². The molecule has 1 fully saturated rings. The highest BCUT2D eigenvalue weighted by atomic mass is 16.5. The van der Waals surface area contributed by atoms with Gasteiger partial charge in [-0.25, -0.2) is 4.79 Å². The zero-order valence-corrected chi connectivity index (χ0v) is 11.6. The predicted molar refractivity (Wildman–Crippen MR) is 76.8 cm³/mol. The van der Waals surface area contributed by atoms with Crippen LogP contribution < -0.4 is 5.32 Å². The molecule has 1 aliphatic rings. The number of carbonyl (C=O) groups is 2. The smallest absolute Gasteiger partial charge is 0.328 e. The average Bonchev–Trinajstić information content (AvgIpc) is 2.98. The highest BCUT2D eigenvalue weighted by Gasteiger charge is 2.16. The fourth-order valence-corrected chi connectivity index (χ4v) is 2.19. The van der Waals surface area contributed by atoms with Crippen molar-refractivity contribution in [1.29, 1.82) is 0 Å². The molecule has 112 valence electrons. The zero-order valence-electron chi connectivity index (χ0n) is 11.6. The van der Waals surface area contributed by atoms with Gasteiger partial charge in [-0.2, -0.15) is 0 Å². The molecule has 1 aromatic rings. The van der Waals surface area contributed by atoms with Gasteiger partial charge in [0, 0.05) is 37.6 Å². The van der Waals surface area contributed by atoms with Crippen LogP contribution in [0.3, 0.4) is 0 Å². The Bertz CT molecular complexity index is 536. The molecule has 6 nitrogen and oxygen atoms in total. The summed E-state index contributed by atoms with van der Waals surface area (Å²) in [5, 5.41) is 11.5. The van der Waals surface area contributed by atoms with E-state index in [1.165, 1.54) is 12.3 Å². The minimum absolute atomic E-state index is 0.234. The Morgan fingerprint density at radius 1 is 1.52 bits per heavy atom. The van der Waals surface area contributed by atoms with E-state index < -0.39 is 5.97 Å². The third-order valence-electron chi connectivity index (χ3n) is 3.32. The quantitative estimate of drug-likeness (QED) is 0.772. The topological polar surface area (TPSA) is 88.5 Å². The second-order valence-electron chi connectivity index (χ2n) is 4.89. The molecule has 1 amide bonds. The van der Waals surface area contributed by atoms with Crippen molar-refractivity contribution in [1.82, 2.24) is 10.3 Å². The fraction of sp³-hybridized carbons (Fsp3) is 0.400. The molecule has 1 saturated heterocycles. The number of hydrogen-bond acceptors (Lipinski definition) is 4. The first-order valence-electron chi connectivity index (χ1n) is 6.89. The van der Waals surface area contributed by atoms with Crippen molar-refractivity contribution in [3.8, 4) is 0 Å². The van der Waals surface area contributed by atoms with Crippen LogP contribution in [0, 0.1) is 5.92 Å². The van der Waals surface area contributed by atoms with Gasteiger partial charge >= 0.3 is 5.97 Å². The van der Waals surface area contributed by atoms with Gasteiger partial charge in [0.2, 0.25) is 0 Å². The second kappa shape index (κ2) is 7.54. The van der Waals surface area contributed by atoms with E-state index in [1.807, 2.05) is 0 Å². The van der Waals surface area contributed by atoms with Gasteiger partial charge in [0.05, 0.1) is 0 Å². The van der Waals surface area contributed by atoms with Gasteiger partial charge in [-0.1, -0.05) is 6.07 Å². The minimum Gasteiger partial charge on any atom is -0.478 e. The van der Waals surface area contributed by atoms with Crippen LogP contribution >= 0.6 is 0 Å². The van der Waals surface area contributed by atoms with Crippen molar-refractivity contribution in [2.45, 2.75) is 12.8 Å². The van der Waals surface area contributed by atoms with E-state index in [2.05, 4.69) is 10.3 Å². The largest absolute Gasteiger partial charge is 0.478 e. The summed E-state index contributed by atoms with van der Waals surface area (Å²) in [6, 6.07) is 3.32. The van der Waals surface area contributed by atoms with E-state index in [4.69, 9.17) is 9.84 Å². The number of aliphatic carboxylic acids is 1. The SMILES string of the molecule is O=C(O)/C=C/c1cccnc1C(=O)NCCC1CCOC1. The normalized spacial score (nSPS) is 18.0. The zero-order chi connectivity index (χ0) is 15.1. The molecule has 2 N–H and O–H groups in total. The third kappa shape index (κ3) is 4.68. The summed E-state index contributed by atoms with van der Waals surface area (Å²) in [7, 11) is 0. The molecule has 0 spiro atoms. The Kier molecular flexibility index (Phi) is 5.45. The molecule has 0 aromatic carbocycles. The molecule has 0 aliphatic carbocycles. The first-order valence-corrected chi connectivity index (χ1v) is 6.89. The Morgan fingerprint density at radius 2 is 2.38 bits per heavy atom. The maximum Gasteiger partial charge on any atom is 0.328 e. The van der Waals surface area contributed by atoms with Crippen molar-refractivity contribution >= 4 is 18.0 Å². The Hall–Kier alpha value is -2.21. The van der Waals surface area contributed by atoms with E-state index in [0.717, 1.165) is 32.1 Å². The van der Waals surface area contributed by atoms with Crippen LogP contribution in [-0.4, -0.2) is 41.7 Å². The van der Waals surface area contributed by atoms with Gasteiger partial charge in [-0.05, 0) is 30.9 Å². The fourth-order valence-electron chi connectivity index (χ4n) is 2.19. The van der Waals surface area contributed by atoms with E-state index in [-0.39, 0.29) is 11.6 Å². The number of carboxylic acids is 1. The van der Waals surface area contributed by atoms with Crippen LogP contribution in [0.5, 0.6) is 0 Å². The van der Waals surface area contributed by atoms with Crippen LogP contribution in [-0.2, 0) is 9.53 Å². The number of rotatable bonds is 6. The van der Waals surface area contributed by atoms with Gasteiger partial charge in [0.1, 0.15) is 5.69 Å². The van der Waals surface area contributed by atoms with Gasteiger partial charge in [0.25, 0.3) is 5.91 Å². The molecule has 1 aliphatic heterocycles. The van der Waals surface area contributed by atoms with E-state index in [9.17, 15) is 9.59 Å². The first kappa shape index (κ1) is 15.2. The molecule has 6 heteroatoms. The maximum absolute atomic E-state index is 12.1. The summed E-state index contributed by atoms with van der Waals surface area (Å²) < 4.78 is 5.28. The number of nitrogens with one attached hydrogen (secondary N) is 1. The molecule has 1 unspecified atom stereocenters. The van der Waals surface area contributed by atoms with Crippen molar-refractivity contribution < 1.29 is 19.4 Å². The third-order valence-corrected chi connectivity index (χ3v) is 3.32. The molecule has 0 bridgehead atoms. The molecule has 0 saturated carbocycles. The molecular formula is C15H18N2O4. The van der Waals surface area contributed by atoms with Crippen LogP contribution in [0.15, 0.2) is 24.4 Å². The Labute approximate surface area is 122 Å². The molecule has 2 heterocycles. The molecule has 1 atom stereocenters. The first-order chi connectivity index (χ1) is 10.2. The monoisotopic (exact) mass is 290 g/mol. The number of carboxylic acid groups (broad SMARTS) is 1. The van der Waals surface area contributed by atoms with Gasteiger partial charge < -0.3 is 15.2 Å². The van der Waals surface area contributed by atoms with Crippen LogP contribution in [0.25, 0.3) is 6.08 Å². The summed E-state index contributed by atoms with van der Waals surface area (Å²) in [6.07, 6.45) is 5.78. The van der Waals surface area contributed by atoms with E-state index in [1.54, 1.807) is 12.1 Å². The lowest BCUT2D eigenvalue weighted by molar-refractivity contribution is -0.131. The Balaban J connectivity index is 1.93. The van der Waals surface area contributed by atoms with Crippen LogP contribution in [0.4, 0.5) is 0 Å². The summed E-state index contributed by atoms with van der Waals surface area (Å²) in [5.41, 5.74) is 0.722. The highest BCUT2D eigenvalue weighted by Crippen LogP contribution is 2.15. The number of amides is 1. The average molecular weight is 290 g/mol. The number of ether oxygens (including phenoxy) is 1. The van der Waals surface area contributed by atoms with Gasteiger partial charge in [-0.3, -0.25) is 9.78 Å². The molecule has 21 heavy (non-hydrogen) atoms. The lowest BCUT2D eigenvalue weighted by Gasteiger charge is -2.09. The predicted octanol–water partition coefficient (Wildman–Crippen LogP) is 1.34. The summed E-state index contributed by atoms with van der Waals surface area (Å²) in [4.78, 5) is 26.7. The van der Waals surface area contributed by atoms with Crippen molar-refractivity contribution in [3.63, 3.8) is 0 Å². The lowest BCUT2D eigenvalue weighted by Crippen LogP contribution is -2.27. The Morgan fingerprint density at radius 3 is 3.10 bits per heavy atom. The number of nitrogens with zero attached hydrogens (tertiary/aromatic N) is 1. The second-order valence-corrected chi connectivity index (χ2v) is 4.89. The van der Waals surface area contributed by atoms with Crippen molar-refractivity contribution in [3.05, 3.63) is 35.7 Å². The molecule has 1 aromatic heterocycles. The van der Waals surface area contributed by atoms with Gasteiger partial charge in [-0.15, -0.1) is 0 Å². The summed E-state index contributed by atoms with van der Waals surface area (Å²) in [5.74, 6) is -0.855. The number of pyridine rings is 1. The molecular weight excluding hydrogens is 272 g/mol. The lowest BCUT2D eigenvalue weighted by atomic mass is 10.1. The molecule has 0 radical (unpaired) electrons. The van der Waals surface area contributed by atoms with E-state index >= 15 is 0 Å². The minimum atomic E-state index is -1.06. The van der Waals surface area contributed by atoms with Gasteiger partial charge in [0.15, 0.2) is 0 Å². The number of carbonyl (C=O) groups excluding carboxylic acids is 1. The van der Waals surface area contributed by atoms with Crippen molar-refractivity contribution in [2.24, 2.45) is 5.92 Å². The molecule has 2 rings (SSSR count). The number of aromatic nitrogens is 1. The summed E-state index contributed by atoms with van der Waals surface area (Å²) >= 11 is 0. The maximum atomic E-state index is 12.1.